The highest BCUT2D eigenvalue weighted by molar-refractivity contribution is 6.39. The number of nitrogens with zero attached hydrogens (tertiary/aromatic N) is 4. The summed E-state index contributed by atoms with van der Waals surface area (Å²) >= 11 is 0. The molecule has 0 radical (unpaired) electrons. The van der Waals surface area contributed by atoms with Crippen LogP contribution >= 0.6 is 0 Å². The monoisotopic (exact) mass is 401 g/mol. The molecule has 2 amide bonds. The van der Waals surface area contributed by atoms with Crippen molar-refractivity contribution in [1.82, 2.24) is 15.2 Å². The van der Waals surface area contributed by atoms with Crippen LogP contribution in [-0.4, -0.2) is 78.8 Å². The van der Waals surface area contributed by atoms with E-state index in [-0.39, 0.29) is 30.2 Å². The molecule has 3 rings (SSSR count). The highest BCUT2D eigenvalue weighted by Crippen LogP contribution is 2.16. The number of aliphatic imine (C=N–C) groups is 1. The van der Waals surface area contributed by atoms with E-state index in [1.165, 1.54) is 5.01 Å². The average Bonchev–Trinajstić information content (AvgIpc) is 2.95. The number of anilines is 1. The number of hydrogen-bond donors (Lipinski definition) is 1. The highest BCUT2D eigenvalue weighted by atomic mass is 16.5. The molecule has 156 valence electrons. The Kier molecular flexibility index (Phi) is 6.82. The summed E-state index contributed by atoms with van der Waals surface area (Å²) in [6, 6.07) is 8.46. The Balaban J connectivity index is 1.65. The van der Waals surface area contributed by atoms with Gasteiger partial charge in [0.05, 0.1) is 18.8 Å². The Bertz CT molecular complexity index is 782. The zero-order valence-electron chi connectivity index (χ0n) is 16.8. The van der Waals surface area contributed by atoms with Crippen LogP contribution in [0, 0.1) is 0 Å². The molecule has 1 atom stereocenters. The van der Waals surface area contributed by atoms with E-state index in [1.54, 1.807) is 30.9 Å². The molecule has 0 bridgehead atoms. The number of ether oxygens (including phenoxy) is 1. The number of hydrazine groups is 1. The van der Waals surface area contributed by atoms with E-state index in [2.05, 4.69) is 10.4 Å². The quantitative estimate of drug-likeness (QED) is 0.719. The van der Waals surface area contributed by atoms with Crippen molar-refractivity contribution in [3.8, 4) is 0 Å². The summed E-state index contributed by atoms with van der Waals surface area (Å²) in [5.74, 6) is -0.566. The first-order valence-electron chi connectivity index (χ1n) is 9.90. The maximum atomic E-state index is 13.1. The van der Waals surface area contributed by atoms with Crippen molar-refractivity contribution in [2.75, 3.05) is 44.3 Å². The van der Waals surface area contributed by atoms with Gasteiger partial charge in [0.25, 0.3) is 11.8 Å². The van der Waals surface area contributed by atoms with Crippen LogP contribution in [0.15, 0.2) is 35.3 Å². The van der Waals surface area contributed by atoms with Crippen molar-refractivity contribution in [2.45, 2.75) is 26.3 Å². The summed E-state index contributed by atoms with van der Waals surface area (Å²) < 4.78 is 5.00. The van der Waals surface area contributed by atoms with Gasteiger partial charge in [-0.2, -0.15) is 0 Å². The molecule has 29 heavy (non-hydrogen) atoms. The van der Waals surface area contributed by atoms with Crippen LogP contribution in [0.4, 0.5) is 5.69 Å². The van der Waals surface area contributed by atoms with E-state index in [4.69, 9.17) is 4.74 Å². The van der Waals surface area contributed by atoms with Crippen molar-refractivity contribution in [3.05, 3.63) is 30.3 Å². The summed E-state index contributed by atoms with van der Waals surface area (Å²) in [7, 11) is 0. The molecule has 9 heteroatoms. The van der Waals surface area contributed by atoms with Gasteiger partial charge in [-0.1, -0.05) is 18.2 Å². The summed E-state index contributed by atoms with van der Waals surface area (Å²) in [6.07, 6.45) is 0.745. The molecular weight excluding hydrogens is 374 g/mol. The number of amides is 2. The molecule has 9 nitrogen and oxygen atoms in total. The van der Waals surface area contributed by atoms with Crippen molar-refractivity contribution in [2.24, 2.45) is 4.99 Å². The van der Waals surface area contributed by atoms with E-state index in [0.717, 1.165) is 6.42 Å². The van der Waals surface area contributed by atoms with Crippen molar-refractivity contribution in [3.63, 3.8) is 0 Å². The smallest absolute Gasteiger partial charge is 0.320 e. The van der Waals surface area contributed by atoms with E-state index in [1.807, 2.05) is 23.1 Å². The van der Waals surface area contributed by atoms with Crippen molar-refractivity contribution in [1.29, 1.82) is 0 Å². The third kappa shape index (κ3) is 5.11. The second kappa shape index (κ2) is 9.51. The van der Waals surface area contributed by atoms with Crippen molar-refractivity contribution < 1.29 is 19.1 Å². The minimum atomic E-state index is -0.650. The lowest BCUT2D eigenvalue weighted by Crippen LogP contribution is -2.58. The fourth-order valence-electron chi connectivity index (χ4n) is 3.37. The molecule has 0 aliphatic carbocycles. The number of carbonyl (C=O) groups is 3. The average molecular weight is 401 g/mol. The molecule has 0 saturated carbocycles. The van der Waals surface area contributed by atoms with Crippen LogP contribution in [0.25, 0.3) is 0 Å². The van der Waals surface area contributed by atoms with Gasteiger partial charge < -0.3 is 9.64 Å². The van der Waals surface area contributed by atoms with Crippen LogP contribution in [-0.2, 0) is 19.1 Å². The number of rotatable bonds is 5. The summed E-state index contributed by atoms with van der Waals surface area (Å²) in [4.78, 5) is 45.2. The minimum absolute atomic E-state index is 0.153. The van der Waals surface area contributed by atoms with Gasteiger partial charge in [-0.15, -0.1) is 0 Å². The maximum Gasteiger partial charge on any atom is 0.320 e. The highest BCUT2D eigenvalue weighted by Gasteiger charge is 2.33. The molecule has 2 heterocycles. The zero-order chi connectivity index (χ0) is 20.8. The van der Waals surface area contributed by atoms with Gasteiger partial charge in [0.1, 0.15) is 6.04 Å². The van der Waals surface area contributed by atoms with Crippen molar-refractivity contribution >= 4 is 29.3 Å². The number of para-hydroxylation sites is 1. The summed E-state index contributed by atoms with van der Waals surface area (Å²) in [5.41, 5.74) is 3.54. The zero-order valence-corrected chi connectivity index (χ0v) is 16.8. The van der Waals surface area contributed by atoms with Crippen LogP contribution in [0.2, 0.25) is 0 Å². The first-order valence-corrected chi connectivity index (χ1v) is 9.90. The van der Waals surface area contributed by atoms with Gasteiger partial charge in [-0.25, -0.2) is 10.0 Å². The first-order chi connectivity index (χ1) is 14.0. The Labute approximate surface area is 170 Å². The number of hydrogen-bond acceptors (Lipinski definition) is 7. The van der Waals surface area contributed by atoms with Crippen LogP contribution in [0.5, 0.6) is 0 Å². The third-order valence-corrected chi connectivity index (χ3v) is 4.87. The summed E-state index contributed by atoms with van der Waals surface area (Å²) in [5, 5.41) is 1.37. The Morgan fingerprint density at radius 2 is 1.93 bits per heavy atom. The lowest BCUT2D eigenvalue weighted by Gasteiger charge is -2.32. The van der Waals surface area contributed by atoms with E-state index in [0.29, 0.717) is 38.5 Å². The predicted molar refractivity (Wildman–Crippen MR) is 108 cm³/mol. The molecule has 1 unspecified atom stereocenters. The number of carbonyl (C=O) groups excluding carboxylic acids is 3. The van der Waals surface area contributed by atoms with Crippen LogP contribution < -0.4 is 10.4 Å². The summed E-state index contributed by atoms with van der Waals surface area (Å²) in [6.45, 7) is 6.38. The normalized spacial score (nSPS) is 20.6. The number of amidine groups is 1. The van der Waals surface area contributed by atoms with Gasteiger partial charge in [-0.3, -0.25) is 24.7 Å². The molecule has 1 aromatic rings. The van der Waals surface area contributed by atoms with Gasteiger partial charge in [0.2, 0.25) is 5.84 Å². The van der Waals surface area contributed by atoms with E-state index >= 15 is 0 Å². The molecule has 2 aliphatic heterocycles. The Morgan fingerprint density at radius 1 is 1.17 bits per heavy atom. The second-order valence-electron chi connectivity index (χ2n) is 7.00. The Hall–Kier alpha value is -2.94. The molecule has 1 saturated heterocycles. The van der Waals surface area contributed by atoms with Crippen LogP contribution in [0.3, 0.4) is 0 Å². The molecular formula is C20H27N5O4. The standard InChI is InChI=1S/C20H27N5O4/c1-3-29-17(26)14-23-10-7-11-24(13-12-23)20(28)18-21-15(2)19(27)25(22-18)16-8-5-4-6-9-16/h4-6,8-9,15H,3,7,10-14H2,1-2H3,(H,21,22). The number of nitrogens with one attached hydrogen (secondary N) is 1. The van der Waals surface area contributed by atoms with Gasteiger partial charge in [-0.05, 0) is 32.4 Å². The van der Waals surface area contributed by atoms with Crippen LogP contribution in [0.1, 0.15) is 20.3 Å². The topological polar surface area (TPSA) is 94.5 Å². The Morgan fingerprint density at radius 3 is 2.66 bits per heavy atom. The number of benzene rings is 1. The van der Waals surface area contributed by atoms with E-state index in [9.17, 15) is 14.4 Å². The SMILES string of the molecule is CCOC(=O)CN1CCCN(C(=O)C2=NC(C)C(=O)N(c3ccccc3)N2)CC1. The fraction of sp³-hybridized carbons (Fsp3) is 0.500. The molecule has 0 aromatic heterocycles. The lowest BCUT2D eigenvalue weighted by atomic mass is 10.2. The third-order valence-electron chi connectivity index (χ3n) is 4.87. The molecule has 0 spiro atoms. The second-order valence-corrected chi connectivity index (χ2v) is 7.00. The largest absolute Gasteiger partial charge is 0.465 e. The lowest BCUT2D eigenvalue weighted by molar-refractivity contribution is -0.144. The predicted octanol–water partition coefficient (Wildman–Crippen LogP) is 0.422. The minimum Gasteiger partial charge on any atom is -0.465 e. The number of esters is 1. The van der Waals surface area contributed by atoms with Gasteiger partial charge in [0, 0.05) is 26.2 Å². The maximum absolute atomic E-state index is 13.1. The fourth-order valence-corrected chi connectivity index (χ4v) is 3.37. The molecule has 1 aromatic carbocycles. The van der Waals surface area contributed by atoms with E-state index < -0.39 is 6.04 Å². The van der Waals surface area contributed by atoms with Gasteiger partial charge in [0.15, 0.2) is 0 Å². The first kappa shape index (κ1) is 20.8. The molecule has 2 aliphatic rings. The molecule has 1 fully saturated rings. The molecule has 1 N–H and O–H groups in total. The van der Waals surface area contributed by atoms with Gasteiger partial charge >= 0.3 is 5.97 Å².